The Kier molecular flexibility index (Phi) is 11.3. The Bertz CT molecular complexity index is 2050. The van der Waals surface area contributed by atoms with E-state index in [0.29, 0.717) is 29.7 Å². The maximum absolute atomic E-state index is 14.7. The zero-order valence-corrected chi connectivity index (χ0v) is 28.0. The van der Waals surface area contributed by atoms with E-state index in [9.17, 15) is 43.1 Å². The van der Waals surface area contributed by atoms with Gasteiger partial charge in [-0.2, -0.15) is 13.2 Å². The van der Waals surface area contributed by atoms with Crippen molar-refractivity contribution < 1.29 is 47.7 Å². The average Bonchev–Trinajstić information content (AvgIpc) is 3.47. The number of β-amino-alcohol motifs (C(OH)–C–C–N with tert-alkyl or cyclic N) is 1. The van der Waals surface area contributed by atoms with Crippen molar-refractivity contribution in [2.75, 3.05) is 19.6 Å². The van der Waals surface area contributed by atoms with Crippen LogP contribution in [0.25, 0.3) is 10.9 Å². The number of piperidine rings is 1. The lowest BCUT2D eigenvalue weighted by molar-refractivity contribution is -0.384. The SMILES string of the molecule is Cc1cc(OC2CCN(CC(O)(c3cn(Cc4ccccc4)c4cc([N+](=O)[O-])ccc34)C(F)(F)F)CC2)ccc1C(=O)O.O=C(O)c1ccccc1. The maximum atomic E-state index is 14.7. The minimum atomic E-state index is -5.04. The van der Waals surface area contributed by atoms with Crippen molar-refractivity contribution in [1.29, 1.82) is 0 Å². The van der Waals surface area contributed by atoms with Crippen LogP contribution in [0.2, 0.25) is 0 Å². The lowest BCUT2D eigenvalue weighted by Gasteiger charge is -2.39. The van der Waals surface area contributed by atoms with Crippen LogP contribution in [0.3, 0.4) is 0 Å². The predicted molar refractivity (Wildman–Crippen MR) is 186 cm³/mol. The number of aliphatic hydroxyl groups is 1. The number of nitrogens with zero attached hydrogens (tertiary/aromatic N) is 3. The molecule has 0 spiro atoms. The Balaban J connectivity index is 0.000000507. The third kappa shape index (κ3) is 8.58. The van der Waals surface area contributed by atoms with Crippen molar-refractivity contribution in [1.82, 2.24) is 9.47 Å². The molecule has 3 N–H and O–H groups in total. The number of nitro groups is 1. The molecule has 1 atom stereocenters. The van der Waals surface area contributed by atoms with Gasteiger partial charge < -0.3 is 24.6 Å². The zero-order chi connectivity index (χ0) is 37.6. The smallest absolute Gasteiger partial charge is 0.422 e. The molecule has 1 fully saturated rings. The van der Waals surface area contributed by atoms with Crippen molar-refractivity contribution in [3.8, 4) is 5.75 Å². The summed E-state index contributed by atoms with van der Waals surface area (Å²) in [4.78, 5) is 33.9. The highest BCUT2D eigenvalue weighted by atomic mass is 19.4. The van der Waals surface area contributed by atoms with Gasteiger partial charge in [-0.3, -0.25) is 15.0 Å². The van der Waals surface area contributed by atoms with Crippen LogP contribution in [0.1, 0.15) is 50.2 Å². The van der Waals surface area contributed by atoms with Crippen LogP contribution in [0.15, 0.2) is 103 Å². The molecule has 6 rings (SSSR count). The molecule has 1 unspecified atom stereocenters. The van der Waals surface area contributed by atoms with E-state index in [4.69, 9.17) is 9.84 Å². The van der Waals surface area contributed by atoms with Crippen molar-refractivity contribution in [2.24, 2.45) is 0 Å². The number of nitro benzene ring substituents is 1. The number of aromatic carboxylic acids is 2. The number of hydrogen-bond donors (Lipinski definition) is 3. The van der Waals surface area contributed by atoms with Crippen LogP contribution in [0.5, 0.6) is 5.75 Å². The normalized spacial score (nSPS) is 14.9. The third-order valence-corrected chi connectivity index (χ3v) is 8.93. The van der Waals surface area contributed by atoms with Gasteiger partial charge in [0.15, 0.2) is 0 Å². The molecule has 2 heterocycles. The molecule has 1 saturated heterocycles. The first-order valence-corrected chi connectivity index (χ1v) is 16.3. The molecular weight excluding hydrogens is 683 g/mol. The van der Waals surface area contributed by atoms with Gasteiger partial charge in [0.2, 0.25) is 5.60 Å². The quantitative estimate of drug-likeness (QED) is 0.0998. The molecule has 1 aliphatic rings. The molecule has 0 aliphatic carbocycles. The minimum Gasteiger partial charge on any atom is -0.490 e. The number of carboxylic acid groups (broad SMARTS) is 2. The van der Waals surface area contributed by atoms with Gasteiger partial charge in [-0.15, -0.1) is 0 Å². The summed E-state index contributed by atoms with van der Waals surface area (Å²) in [5.74, 6) is -1.44. The topological polar surface area (TPSA) is 155 Å². The number of likely N-dealkylation sites (tertiary alicyclic amines) is 1. The number of aromatic nitrogens is 1. The Morgan fingerprint density at radius 2 is 1.54 bits per heavy atom. The Morgan fingerprint density at radius 3 is 2.08 bits per heavy atom. The lowest BCUT2D eigenvalue weighted by Crippen LogP contribution is -2.53. The summed E-state index contributed by atoms with van der Waals surface area (Å²) in [5.41, 5.74) is -1.86. The molecule has 14 heteroatoms. The number of ether oxygens (including phenoxy) is 1. The number of non-ortho nitro benzene ring substituents is 1. The summed E-state index contributed by atoms with van der Waals surface area (Å²) >= 11 is 0. The first-order valence-electron chi connectivity index (χ1n) is 16.3. The van der Waals surface area contributed by atoms with E-state index < -0.39 is 35.2 Å². The standard InChI is InChI=1S/C31H30F3N3O6.C7H6O2/c1-20-15-24(8-10-25(20)29(38)39)43-23-11-13-35(14-12-23)19-30(40,31(32,33)34)27-18-36(17-21-5-3-2-4-6-21)28-16-22(37(41)42)7-9-26(27)28;8-7(9)6-4-2-1-3-5-6/h2-10,15-16,18,23,40H,11-14,17,19H2,1H3,(H,38,39);1-5H,(H,8,9). The second-order valence-corrected chi connectivity index (χ2v) is 12.5. The van der Waals surface area contributed by atoms with Crippen LogP contribution >= 0.6 is 0 Å². The van der Waals surface area contributed by atoms with E-state index in [0.717, 1.165) is 11.6 Å². The highest BCUT2D eigenvalue weighted by molar-refractivity contribution is 5.89. The van der Waals surface area contributed by atoms with Gasteiger partial charge >= 0.3 is 18.1 Å². The number of hydrogen-bond acceptors (Lipinski definition) is 7. The summed E-state index contributed by atoms with van der Waals surface area (Å²) < 4.78 is 51.7. The Morgan fingerprint density at radius 1 is 0.904 bits per heavy atom. The molecule has 0 saturated carbocycles. The number of benzene rings is 4. The van der Waals surface area contributed by atoms with Gasteiger partial charge in [0, 0.05) is 55.5 Å². The van der Waals surface area contributed by atoms with E-state index in [2.05, 4.69) is 0 Å². The molecule has 4 aromatic carbocycles. The first kappa shape index (κ1) is 37.5. The van der Waals surface area contributed by atoms with Gasteiger partial charge in [0.25, 0.3) is 5.69 Å². The summed E-state index contributed by atoms with van der Waals surface area (Å²) in [7, 11) is 0. The number of rotatable bonds is 10. The van der Waals surface area contributed by atoms with Crippen LogP contribution in [0, 0.1) is 17.0 Å². The molecule has 11 nitrogen and oxygen atoms in total. The van der Waals surface area contributed by atoms with Gasteiger partial charge in [0.05, 0.1) is 21.6 Å². The number of alkyl halides is 3. The van der Waals surface area contributed by atoms with Crippen molar-refractivity contribution in [2.45, 2.75) is 44.2 Å². The minimum absolute atomic E-state index is 0.0831. The van der Waals surface area contributed by atoms with Crippen LogP contribution < -0.4 is 4.74 Å². The van der Waals surface area contributed by atoms with E-state index in [1.54, 1.807) is 79.7 Å². The van der Waals surface area contributed by atoms with Gasteiger partial charge in [-0.1, -0.05) is 48.5 Å². The van der Waals surface area contributed by atoms with Gasteiger partial charge in [-0.05, 0) is 67.3 Å². The van der Waals surface area contributed by atoms with Crippen molar-refractivity contribution in [3.05, 3.63) is 141 Å². The highest BCUT2D eigenvalue weighted by Gasteiger charge is 2.57. The second kappa shape index (κ2) is 15.7. The summed E-state index contributed by atoms with van der Waals surface area (Å²) in [6.07, 6.45) is -3.30. The molecule has 0 amide bonds. The Labute approximate surface area is 296 Å². The molecular formula is C38H36F3N3O8. The zero-order valence-electron chi connectivity index (χ0n) is 28.0. The van der Waals surface area contributed by atoms with E-state index in [-0.39, 0.29) is 53.5 Å². The van der Waals surface area contributed by atoms with Gasteiger partial charge in [-0.25, -0.2) is 9.59 Å². The van der Waals surface area contributed by atoms with E-state index in [1.807, 2.05) is 0 Å². The number of carbonyl (C=O) groups is 2. The summed E-state index contributed by atoms with van der Waals surface area (Å²) in [6, 6.07) is 25.5. The fourth-order valence-electron chi connectivity index (χ4n) is 6.19. The largest absolute Gasteiger partial charge is 0.490 e. The maximum Gasteiger partial charge on any atom is 0.422 e. The molecule has 1 aliphatic heterocycles. The molecule has 0 radical (unpaired) electrons. The lowest BCUT2D eigenvalue weighted by atomic mass is 9.91. The number of fused-ring (bicyclic) bond motifs is 1. The third-order valence-electron chi connectivity index (χ3n) is 8.93. The molecule has 52 heavy (non-hydrogen) atoms. The summed E-state index contributed by atoms with van der Waals surface area (Å²) in [5, 5.41) is 40.6. The van der Waals surface area contributed by atoms with Crippen LogP contribution in [-0.4, -0.2) is 73.6 Å². The van der Waals surface area contributed by atoms with Crippen molar-refractivity contribution in [3.63, 3.8) is 0 Å². The van der Waals surface area contributed by atoms with Crippen LogP contribution in [0.4, 0.5) is 18.9 Å². The molecule has 5 aromatic rings. The van der Waals surface area contributed by atoms with E-state index >= 15 is 0 Å². The summed E-state index contributed by atoms with van der Waals surface area (Å²) in [6.45, 7) is 1.54. The van der Waals surface area contributed by atoms with Crippen LogP contribution in [-0.2, 0) is 12.1 Å². The second-order valence-electron chi connectivity index (χ2n) is 12.5. The molecule has 0 bridgehead atoms. The Hall–Kier alpha value is -5.73. The van der Waals surface area contributed by atoms with E-state index in [1.165, 1.54) is 33.9 Å². The monoisotopic (exact) mass is 719 g/mol. The fourth-order valence-corrected chi connectivity index (χ4v) is 6.19. The average molecular weight is 720 g/mol. The van der Waals surface area contributed by atoms with Gasteiger partial charge in [0.1, 0.15) is 11.9 Å². The number of aryl methyl sites for hydroxylation is 1. The molecule has 1 aromatic heterocycles. The number of carboxylic acids is 2. The highest BCUT2D eigenvalue weighted by Crippen LogP contribution is 2.44. The first-order chi connectivity index (χ1) is 24.7. The van der Waals surface area contributed by atoms with Crippen molar-refractivity contribution >= 4 is 28.5 Å². The number of halogens is 3. The fraction of sp³-hybridized carbons (Fsp3) is 0.263. The predicted octanol–water partition coefficient (Wildman–Crippen LogP) is 7.28. The molecule has 272 valence electrons.